The monoisotopic (exact) mass is 433 g/mol. The summed E-state index contributed by atoms with van der Waals surface area (Å²) in [6.07, 6.45) is 3.50. The number of amides is 1. The number of amidine groups is 1. The highest BCUT2D eigenvalue weighted by atomic mass is 16.5. The summed E-state index contributed by atoms with van der Waals surface area (Å²) >= 11 is 0. The molecule has 3 aliphatic rings. The summed E-state index contributed by atoms with van der Waals surface area (Å²) in [6, 6.07) is 11.3. The van der Waals surface area contributed by atoms with E-state index in [0.717, 1.165) is 11.1 Å². The van der Waals surface area contributed by atoms with E-state index in [1.807, 2.05) is 54.8 Å². The van der Waals surface area contributed by atoms with E-state index in [4.69, 9.17) is 24.9 Å². The number of fused-ring (bicyclic) bond motifs is 4. The van der Waals surface area contributed by atoms with Gasteiger partial charge < -0.3 is 29.7 Å². The van der Waals surface area contributed by atoms with Crippen molar-refractivity contribution in [2.45, 2.75) is 25.0 Å². The first kappa shape index (κ1) is 19.1. The molecule has 1 aromatic carbocycles. The summed E-state index contributed by atoms with van der Waals surface area (Å²) < 4.78 is 19.6. The molecule has 1 fully saturated rings. The highest BCUT2D eigenvalue weighted by molar-refractivity contribution is 6.03. The molecule has 1 amide bonds. The van der Waals surface area contributed by atoms with E-state index in [-0.39, 0.29) is 11.9 Å². The Morgan fingerprint density at radius 2 is 2.03 bits per heavy atom. The largest absolute Gasteiger partial charge is 0.487 e. The minimum atomic E-state index is -0.754. The zero-order valence-electron chi connectivity index (χ0n) is 17.8. The molecule has 9 nitrogen and oxygen atoms in total. The Morgan fingerprint density at radius 1 is 1.19 bits per heavy atom. The summed E-state index contributed by atoms with van der Waals surface area (Å²) in [7, 11) is 0. The Hall–Kier alpha value is -3.59. The average Bonchev–Trinajstić information content (AvgIpc) is 3.33. The molecule has 3 aliphatic heterocycles. The standard InChI is InChI=1S/C23H23N5O4/c1-21(2)22(10-30-11-22)23(12-31-20(24)27-23)16-8-14(5-6-18(16)32-21)26-19(29)17-9-15-4-3-7-28(15)13-25-17/h3-9,13H,10-12H2,1-2H3,(H2,24,27)(H,26,29). The number of aromatic nitrogens is 2. The summed E-state index contributed by atoms with van der Waals surface area (Å²) in [6.45, 7) is 5.35. The van der Waals surface area contributed by atoms with Crippen LogP contribution in [-0.4, -0.2) is 46.7 Å². The molecule has 3 aromatic rings. The number of nitrogens with zero attached hydrogens (tertiary/aromatic N) is 3. The number of carbonyl (C=O) groups is 1. The zero-order valence-corrected chi connectivity index (χ0v) is 17.8. The number of aliphatic imine (C=N–C) groups is 1. The van der Waals surface area contributed by atoms with Crippen molar-refractivity contribution >= 4 is 23.1 Å². The number of ether oxygens (including phenoxy) is 3. The minimum absolute atomic E-state index is 0.152. The lowest BCUT2D eigenvalue weighted by molar-refractivity contribution is -0.247. The van der Waals surface area contributed by atoms with Gasteiger partial charge in [0.25, 0.3) is 11.9 Å². The normalized spacial score (nSPS) is 24.4. The second-order valence-electron chi connectivity index (χ2n) is 9.07. The van der Waals surface area contributed by atoms with Crippen LogP contribution < -0.4 is 15.8 Å². The van der Waals surface area contributed by atoms with Gasteiger partial charge in [-0.05, 0) is 50.2 Å². The van der Waals surface area contributed by atoms with Crippen molar-refractivity contribution in [3.8, 4) is 5.75 Å². The second kappa shape index (κ2) is 6.23. The SMILES string of the molecule is CC1(C)Oc2ccc(NC(=O)c3cc4cccn4cn3)cc2C2(COC(N)=N2)C12COC2. The summed E-state index contributed by atoms with van der Waals surface area (Å²) in [4.78, 5) is 21.9. The maximum Gasteiger partial charge on any atom is 0.283 e. The number of carbonyl (C=O) groups excluding carboxylic acids is 1. The van der Waals surface area contributed by atoms with E-state index in [2.05, 4.69) is 10.3 Å². The maximum absolute atomic E-state index is 12.9. The Balaban J connectivity index is 1.40. The van der Waals surface area contributed by atoms with Crippen LogP contribution >= 0.6 is 0 Å². The molecule has 1 unspecified atom stereocenters. The summed E-state index contributed by atoms with van der Waals surface area (Å²) in [5.41, 5.74) is 6.92. The Bertz CT molecular complexity index is 1290. The molecule has 32 heavy (non-hydrogen) atoms. The van der Waals surface area contributed by atoms with Crippen molar-refractivity contribution < 1.29 is 19.0 Å². The van der Waals surface area contributed by atoms with Gasteiger partial charge in [0.2, 0.25) is 0 Å². The van der Waals surface area contributed by atoms with Crippen LogP contribution in [0.25, 0.3) is 5.52 Å². The van der Waals surface area contributed by atoms with Crippen LogP contribution in [0.15, 0.2) is 53.9 Å². The highest BCUT2D eigenvalue weighted by Gasteiger charge is 2.71. The summed E-state index contributed by atoms with van der Waals surface area (Å²) in [5.74, 6) is 0.396. The maximum atomic E-state index is 12.9. The lowest BCUT2D eigenvalue weighted by Crippen LogP contribution is -2.71. The number of nitrogens with two attached hydrogens (primary N) is 1. The molecule has 3 N–H and O–H groups in total. The Labute approximate surface area is 184 Å². The third kappa shape index (κ3) is 2.39. The number of nitrogens with one attached hydrogen (secondary N) is 1. The highest BCUT2D eigenvalue weighted by Crippen LogP contribution is 2.62. The fraction of sp³-hybridized carbons (Fsp3) is 0.348. The molecule has 0 saturated carbocycles. The van der Waals surface area contributed by atoms with Gasteiger partial charge in [0.15, 0.2) is 0 Å². The van der Waals surface area contributed by atoms with Gasteiger partial charge >= 0.3 is 0 Å². The number of hydrogen-bond donors (Lipinski definition) is 2. The molecule has 9 heteroatoms. The third-order valence-electron chi connectivity index (χ3n) is 7.07. The second-order valence-corrected chi connectivity index (χ2v) is 9.07. The Kier molecular flexibility index (Phi) is 3.72. The van der Waals surface area contributed by atoms with Crippen LogP contribution in [0.4, 0.5) is 5.69 Å². The fourth-order valence-corrected chi connectivity index (χ4v) is 5.11. The molecule has 1 saturated heterocycles. The number of hydrogen-bond acceptors (Lipinski definition) is 7. The van der Waals surface area contributed by atoms with Gasteiger partial charge in [-0.2, -0.15) is 0 Å². The van der Waals surface area contributed by atoms with E-state index in [9.17, 15) is 4.79 Å². The predicted octanol–water partition coefficient (Wildman–Crippen LogP) is 2.31. The van der Waals surface area contributed by atoms with Gasteiger partial charge in [0.05, 0.1) is 25.0 Å². The molecule has 0 bridgehead atoms. The number of rotatable bonds is 2. The quantitative estimate of drug-likeness (QED) is 0.641. The molecular weight excluding hydrogens is 410 g/mol. The van der Waals surface area contributed by atoms with Crippen LogP contribution in [0, 0.1) is 5.41 Å². The van der Waals surface area contributed by atoms with Crippen LogP contribution in [0.3, 0.4) is 0 Å². The van der Waals surface area contributed by atoms with Crippen LogP contribution in [0.1, 0.15) is 29.9 Å². The molecule has 6 rings (SSSR count). The van der Waals surface area contributed by atoms with E-state index in [1.165, 1.54) is 0 Å². The molecule has 5 heterocycles. The minimum Gasteiger partial charge on any atom is -0.487 e. The van der Waals surface area contributed by atoms with E-state index < -0.39 is 16.6 Å². The molecule has 1 atom stereocenters. The molecular formula is C23H23N5O4. The van der Waals surface area contributed by atoms with Crippen LogP contribution in [0.2, 0.25) is 0 Å². The number of benzene rings is 1. The Morgan fingerprint density at radius 3 is 2.75 bits per heavy atom. The van der Waals surface area contributed by atoms with Crippen molar-refractivity contribution in [1.29, 1.82) is 0 Å². The first-order valence-corrected chi connectivity index (χ1v) is 10.5. The van der Waals surface area contributed by atoms with Gasteiger partial charge in [0, 0.05) is 23.0 Å². The van der Waals surface area contributed by atoms with Crippen molar-refractivity contribution in [1.82, 2.24) is 9.38 Å². The van der Waals surface area contributed by atoms with Gasteiger partial charge in [-0.25, -0.2) is 9.98 Å². The van der Waals surface area contributed by atoms with Gasteiger partial charge in [-0.15, -0.1) is 0 Å². The molecule has 2 aromatic heterocycles. The van der Waals surface area contributed by atoms with E-state index in [1.54, 1.807) is 12.4 Å². The first-order chi connectivity index (χ1) is 15.3. The molecule has 0 aliphatic carbocycles. The molecule has 2 spiro atoms. The summed E-state index contributed by atoms with van der Waals surface area (Å²) in [5, 5.41) is 2.95. The predicted molar refractivity (Wildman–Crippen MR) is 117 cm³/mol. The lowest BCUT2D eigenvalue weighted by Gasteiger charge is -2.61. The van der Waals surface area contributed by atoms with Gasteiger partial charge in [0.1, 0.15) is 29.2 Å². The van der Waals surface area contributed by atoms with Gasteiger partial charge in [-0.3, -0.25) is 4.79 Å². The topological polar surface area (TPSA) is 112 Å². The van der Waals surface area contributed by atoms with Gasteiger partial charge in [-0.1, -0.05) is 0 Å². The van der Waals surface area contributed by atoms with Crippen molar-refractivity contribution in [3.05, 3.63) is 60.2 Å². The van der Waals surface area contributed by atoms with E-state index in [0.29, 0.717) is 37.0 Å². The van der Waals surface area contributed by atoms with Crippen LogP contribution in [0.5, 0.6) is 5.75 Å². The first-order valence-electron chi connectivity index (χ1n) is 10.5. The zero-order chi connectivity index (χ0) is 22.1. The van der Waals surface area contributed by atoms with Crippen LogP contribution in [-0.2, 0) is 15.0 Å². The van der Waals surface area contributed by atoms with Crippen molar-refractivity contribution in [3.63, 3.8) is 0 Å². The van der Waals surface area contributed by atoms with E-state index >= 15 is 0 Å². The smallest absolute Gasteiger partial charge is 0.283 e. The van der Waals surface area contributed by atoms with Crippen molar-refractivity contribution in [2.75, 3.05) is 25.1 Å². The lowest BCUT2D eigenvalue weighted by atomic mass is 9.55. The molecule has 0 radical (unpaired) electrons. The average molecular weight is 433 g/mol. The van der Waals surface area contributed by atoms with Crippen molar-refractivity contribution in [2.24, 2.45) is 16.1 Å². The molecule has 164 valence electrons. The fourth-order valence-electron chi connectivity index (χ4n) is 5.11. The third-order valence-corrected chi connectivity index (χ3v) is 7.07. The number of anilines is 1.